The quantitative estimate of drug-likeness (QED) is 0.796. The Morgan fingerprint density at radius 3 is 2.84 bits per heavy atom. The molecule has 19 heavy (non-hydrogen) atoms. The van der Waals surface area contributed by atoms with Crippen molar-refractivity contribution in [1.29, 1.82) is 0 Å². The predicted octanol–water partition coefficient (Wildman–Crippen LogP) is 3.26. The molecule has 0 N–H and O–H groups in total. The number of pyridine rings is 1. The summed E-state index contributed by atoms with van der Waals surface area (Å²) in [6.07, 6.45) is 1.95. The van der Waals surface area contributed by atoms with Crippen molar-refractivity contribution in [3.63, 3.8) is 0 Å². The number of rotatable bonds is 3. The molecular formula is C15H16FNO2. The molecule has 0 spiro atoms. The van der Waals surface area contributed by atoms with Crippen molar-refractivity contribution in [2.75, 3.05) is 0 Å². The minimum absolute atomic E-state index is 0.323. The topological polar surface area (TPSA) is 39.2 Å². The first kappa shape index (κ1) is 13.5. The van der Waals surface area contributed by atoms with E-state index in [0.29, 0.717) is 17.5 Å². The van der Waals surface area contributed by atoms with Crippen molar-refractivity contribution in [2.45, 2.75) is 32.8 Å². The third-order valence-corrected chi connectivity index (χ3v) is 2.81. The molecule has 2 rings (SSSR count). The molecule has 1 aromatic carbocycles. The SMILES string of the molecule is CC(=O)OC(C)(C)Cc1cc2cccnc2cc1F. The maximum Gasteiger partial charge on any atom is 0.303 e. The van der Waals surface area contributed by atoms with Crippen LogP contribution in [0.2, 0.25) is 0 Å². The number of fused-ring (bicyclic) bond motifs is 1. The molecule has 0 saturated carbocycles. The van der Waals surface area contributed by atoms with Gasteiger partial charge >= 0.3 is 5.97 Å². The van der Waals surface area contributed by atoms with Gasteiger partial charge in [0.25, 0.3) is 0 Å². The Morgan fingerprint density at radius 2 is 2.16 bits per heavy atom. The van der Waals surface area contributed by atoms with E-state index < -0.39 is 5.60 Å². The van der Waals surface area contributed by atoms with E-state index in [0.717, 1.165) is 5.39 Å². The molecule has 1 aromatic heterocycles. The van der Waals surface area contributed by atoms with Gasteiger partial charge in [-0.2, -0.15) is 0 Å². The first-order chi connectivity index (χ1) is 8.87. The van der Waals surface area contributed by atoms with Crippen molar-refractivity contribution < 1.29 is 13.9 Å². The van der Waals surface area contributed by atoms with Gasteiger partial charge in [-0.25, -0.2) is 4.39 Å². The fourth-order valence-corrected chi connectivity index (χ4v) is 2.16. The van der Waals surface area contributed by atoms with Crippen LogP contribution in [0.15, 0.2) is 30.5 Å². The molecule has 0 amide bonds. The first-order valence-electron chi connectivity index (χ1n) is 6.10. The van der Waals surface area contributed by atoms with Crippen LogP contribution in [0, 0.1) is 5.82 Å². The molecule has 0 fully saturated rings. The fraction of sp³-hybridized carbons (Fsp3) is 0.333. The van der Waals surface area contributed by atoms with Gasteiger partial charge in [-0.1, -0.05) is 6.07 Å². The van der Waals surface area contributed by atoms with E-state index in [1.807, 2.05) is 6.07 Å². The zero-order valence-electron chi connectivity index (χ0n) is 11.2. The molecule has 0 aliphatic heterocycles. The summed E-state index contributed by atoms with van der Waals surface area (Å²) in [5.41, 5.74) is 0.406. The molecule has 100 valence electrons. The number of hydrogen-bond acceptors (Lipinski definition) is 3. The zero-order valence-corrected chi connectivity index (χ0v) is 11.2. The van der Waals surface area contributed by atoms with E-state index >= 15 is 0 Å². The molecular weight excluding hydrogens is 245 g/mol. The molecule has 0 aliphatic rings. The largest absolute Gasteiger partial charge is 0.459 e. The van der Waals surface area contributed by atoms with Gasteiger partial charge in [0.1, 0.15) is 11.4 Å². The van der Waals surface area contributed by atoms with Crippen molar-refractivity contribution in [3.8, 4) is 0 Å². The molecule has 0 radical (unpaired) electrons. The zero-order chi connectivity index (χ0) is 14.0. The number of esters is 1. The lowest BCUT2D eigenvalue weighted by atomic mass is 9.96. The van der Waals surface area contributed by atoms with E-state index in [4.69, 9.17) is 4.74 Å². The van der Waals surface area contributed by atoms with E-state index in [2.05, 4.69) is 4.98 Å². The minimum atomic E-state index is -0.734. The molecule has 2 aromatic rings. The number of benzene rings is 1. The molecule has 0 bridgehead atoms. The fourth-order valence-electron chi connectivity index (χ4n) is 2.16. The normalized spacial score (nSPS) is 11.6. The van der Waals surface area contributed by atoms with Gasteiger partial charge in [0, 0.05) is 31.0 Å². The van der Waals surface area contributed by atoms with Crippen molar-refractivity contribution in [1.82, 2.24) is 4.98 Å². The average molecular weight is 261 g/mol. The second kappa shape index (κ2) is 4.96. The standard InChI is InChI=1S/C15H16FNO2/c1-10(18)19-15(2,3)9-12-7-11-5-4-6-17-14(11)8-13(12)16/h4-8H,9H2,1-3H3. The highest BCUT2D eigenvalue weighted by Gasteiger charge is 2.23. The van der Waals surface area contributed by atoms with Gasteiger partial charge < -0.3 is 4.74 Å². The van der Waals surface area contributed by atoms with Gasteiger partial charge in [-0.05, 0) is 31.5 Å². The highest BCUT2D eigenvalue weighted by molar-refractivity contribution is 5.79. The summed E-state index contributed by atoms with van der Waals surface area (Å²) in [6, 6.07) is 6.85. The third kappa shape index (κ3) is 3.28. The van der Waals surface area contributed by atoms with Crippen LogP contribution in [-0.2, 0) is 16.0 Å². The summed E-state index contributed by atoms with van der Waals surface area (Å²) in [6.45, 7) is 4.88. The number of halogens is 1. The van der Waals surface area contributed by atoms with Crippen LogP contribution in [0.1, 0.15) is 26.3 Å². The summed E-state index contributed by atoms with van der Waals surface area (Å²) >= 11 is 0. The number of carbonyl (C=O) groups excluding carboxylic acids is 1. The summed E-state index contributed by atoms with van der Waals surface area (Å²) < 4.78 is 19.2. The Balaban J connectivity index is 2.34. The maximum absolute atomic E-state index is 14.0. The summed E-state index contributed by atoms with van der Waals surface area (Å²) in [7, 11) is 0. The highest BCUT2D eigenvalue weighted by Crippen LogP contribution is 2.23. The van der Waals surface area contributed by atoms with Crippen LogP contribution in [-0.4, -0.2) is 16.6 Å². The number of carbonyl (C=O) groups is 1. The molecule has 0 aliphatic carbocycles. The van der Waals surface area contributed by atoms with Gasteiger partial charge in [0.05, 0.1) is 5.52 Å². The number of hydrogen-bond donors (Lipinski definition) is 0. The smallest absolute Gasteiger partial charge is 0.303 e. The monoisotopic (exact) mass is 261 g/mol. The van der Waals surface area contributed by atoms with E-state index in [1.165, 1.54) is 13.0 Å². The molecule has 0 unspecified atom stereocenters. The van der Waals surface area contributed by atoms with E-state index in [9.17, 15) is 9.18 Å². The summed E-state index contributed by atoms with van der Waals surface area (Å²) in [4.78, 5) is 15.1. The van der Waals surface area contributed by atoms with Gasteiger partial charge in [0.2, 0.25) is 0 Å². The van der Waals surface area contributed by atoms with Gasteiger partial charge in [-0.3, -0.25) is 9.78 Å². The lowest BCUT2D eigenvalue weighted by Gasteiger charge is -2.24. The van der Waals surface area contributed by atoms with E-state index in [-0.39, 0.29) is 11.8 Å². The number of aromatic nitrogens is 1. The van der Waals surface area contributed by atoms with Crippen molar-refractivity contribution in [3.05, 3.63) is 41.8 Å². The first-order valence-corrected chi connectivity index (χ1v) is 6.10. The molecule has 1 heterocycles. The lowest BCUT2D eigenvalue weighted by molar-refractivity contribution is -0.153. The van der Waals surface area contributed by atoms with Crippen LogP contribution in [0.4, 0.5) is 4.39 Å². The lowest BCUT2D eigenvalue weighted by Crippen LogP contribution is -2.30. The van der Waals surface area contributed by atoms with Gasteiger partial charge in [0.15, 0.2) is 0 Å². The minimum Gasteiger partial charge on any atom is -0.459 e. The molecule has 0 atom stereocenters. The molecule has 3 nitrogen and oxygen atoms in total. The molecule has 4 heteroatoms. The summed E-state index contributed by atoms with van der Waals surface area (Å²) in [5.74, 6) is -0.695. The number of ether oxygens (including phenoxy) is 1. The number of nitrogens with zero attached hydrogens (tertiary/aromatic N) is 1. The van der Waals surface area contributed by atoms with Crippen LogP contribution >= 0.6 is 0 Å². The molecule has 0 saturated heterocycles. The third-order valence-electron chi connectivity index (χ3n) is 2.81. The Kier molecular flexibility index (Phi) is 3.51. The van der Waals surface area contributed by atoms with E-state index in [1.54, 1.807) is 32.2 Å². The van der Waals surface area contributed by atoms with Crippen molar-refractivity contribution in [2.24, 2.45) is 0 Å². The van der Waals surface area contributed by atoms with Crippen LogP contribution in [0.25, 0.3) is 10.9 Å². The maximum atomic E-state index is 14.0. The Bertz CT molecular complexity index is 623. The second-order valence-corrected chi connectivity index (χ2v) is 5.17. The van der Waals surface area contributed by atoms with Gasteiger partial charge in [-0.15, -0.1) is 0 Å². The average Bonchev–Trinajstić information content (AvgIpc) is 2.27. The predicted molar refractivity (Wildman–Crippen MR) is 71.3 cm³/mol. The Morgan fingerprint density at radius 1 is 1.42 bits per heavy atom. The van der Waals surface area contributed by atoms with Crippen LogP contribution in [0.3, 0.4) is 0 Å². The Hall–Kier alpha value is -1.97. The summed E-state index contributed by atoms with van der Waals surface area (Å²) in [5, 5.41) is 0.873. The van der Waals surface area contributed by atoms with Crippen LogP contribution < -0.4 is 0 Å². The second-order valence-electron chi connectivity index (χ2n) is 5.17. The highest BCUT2D eigenvalue weighted by atomic mass is 19.1. The Labute approximate surface area is 111 Å². The van der Waals surface area contributed by atoms with Crippen LogP contribution in [0.5, 0.6) is 0 Å². The van der Waals surface area contributed by atoms with Crippen molar-refractivity contribution >= 4 is 16.9 Å².